The van der Waals surface area contributed by atoms with E-state index >= 15 is 0 Å². The molecule has 0 saturated heterocycles. The van der Waals surface area contributed by atoms with Gasteiger partial charge in [-0.1, -0.05) is 52.5 Å². The van der Waals surface area contributed by atoms with Crippen molar-refractivity contribution < 1.29 is 43.9 Å². The Morgan fingerprint density at radius 2 is 0.964 bits per heavy atom. The molecule has 0 radical (unpaired) electrons. The number of halogens is 4. The van der Waals surface area contributed by atoms with Gasteiger partial charge < -0.3 is 24.6 Å². The fourth-order valence-electron chi connectivity index (χ4n) is 5.16. The molecule has 0 spiro atoms. The van der Waals surface area contributed by atoms with Crippen LogP contribution in [-0.2, 0) is 22.9 Å². The van der Waals surface area contributed by atoms with Gasteiger partial charge in [0.2, 0.25) is 0 Å². The summed E-state index contributed by atoms with van der Waals surface area (Å²) >= 11 is 24.6. The standard InChI is InChI=1S/C40H28Cl4N2O9/c41-33-16-17-34(42)32(22-52-50)31(33)21-51-46-24-6-10-25(11-7-24)53-27-12-14-28(15-13-27)55-30-3-1-2-29(20-30)54-26-8-4-23(5-9-26)45-39(47)37-35(43)18-19-36(44)38(37)40(48)49/h1-20,46,50H,21-22H2,(H,45,47)(H,48,49). The van der Waals surface area contributed by atoms with Gasteiger partial charge in [-0.15, -0.1) is 0 Å². The monoisotopic (exact) mass is 820 g/mol. The second kappa shape index (κ2) is 18.2. The molecule has 6 rings (SSSR count). The third kappa shape index (κ3) is 10.2. The molecule has 15 heteroatoms. The maximum Gasteiger partial charge on any atom is 0.338 e. The largest absolute Gasteiger partial charge is 0.478 e. The first-order valence-corrected chi connectivity index (χ1v) is 17.7. The third-order valence-electron chi connectivity index (χ3n) is 7.78. The second-order valence-electron chi connectivity index (χ2n) is 11.5. The van der Waals surface area contributed by atoms with Crippen LogP contribution in [0.15, 0.2) is 121 Å². The number of benzene rings is 6. The average molecular weight is 822 g/mol. The van der Waals surface area contributed by atoms with Crippen LogP contribution < -0.4 is 25.0 Å². The van der Waals surface area contributed by atoms with E-state index in [0.717, 1.165) is 0 Å². The number of rotatable bonds is 15. The zero-order chi connectivity index (χ0) is 38.9. The van der Waals surface area contributed by atoms with Gasteiger partial charge in [-0.3, -0.25) is 20.4 Å². The Balaban J connectivity index is 0.996. The fourth-order valence-corrected chi connectivity index (χ4v) is 6.11. The van der Waals surface area contributed by atoms with Gasteiger partial charge in [0.05, 0.1) is 26.9 Å². The molecule has 11 nitrogen and oxygen atoms in total. The van der Waals surface area contributed by atoms with Crippen LogP contribution in [0.2, 0.25) is 20.1 Å². The number of hydrogen-bond donors (Lipinski definition) is 4. The van der Waals surface area contributed by atoms with E-state index in [0.29, 0.717) is 67.0 Å². The van der Waals surface area contributed by atoms with Crippen molar-refractivity contribution in [1.82, 2.24) is 0 Å². The summed E-state index contributed by atoms with van der Waals surface area (Å²) in [4.78, 5) is 34.4. The Labute approximate surface area is 334 Å². The van der Waals surface area contributed by atoms with Crippen LogP contribution >= 0.6 is 46.4 Å². The minimum absolute atomic E-state index is 0.0426. The lowest BCUT2D eigenvalue weighted by atomic mass is 10.1. The van der Waals surface area contributed by atoms with E-state index < -0.39 is 11.9 Å². The highest BCUT2D eigenvalue weighted by Gasteiger charge is 2.23. The highest BCUT2D eigenvalue weighted by Crippen LogP contribution is 2.33. The molecule has 6 aromatic carbocycles. The Morgan fingerprint density at radius 3 is 1.47 bits per heavy atom. The smallest absolute Gasteiger partial charge is 0.338 e. The van der Waals surface area contributed by atoms with E-state index in [1.165, 1.54) is 12.1 Å². The van der Waals surface area contributed by atoms with Crippen LogP contribution in [0.25, 0.3) is 0 Å². The van der Waals surface area contributed by atoms with Gasteiger partial charge in [-0.25, -0.2) is 9.68 Å². The lowest BCUT2D eigenvalue weighted by molar-refractivity contribution is -0.253. The summed E-state index contributed by atoms with van der Waals surface area (Å²) in [5.41, 5.74) is 4.38. The number of anilines is 2. The van der Waals surface area contributed by atoms with Crippen LogP contribution in [-0.4, -0.2) is 22.2 Å². The predicted molar refractivity (Wildman–Crippen MR) is 210 cm³/mol. The van der Waals surface area contributed by atoms with Gasteiger partial charge in [0.15, 0.2) is 0 Å². The zero-order valence-corrected chi connectivity index (χ0v) is 31.2. The number of hydrogen-bond acceptors (Lipinski definition) is 9. The molecule has 0 aliphatic rings. The van der Waals surface area contributed by atoms with E-state index in [1.54, 1.807) is 109 Å². The summed E-state index contributed by atoms with van der Waals surface area (Å²) in [6.45, 7) is -0.0600. The summed E-state index contributed by atoms with van der Waals surface area (Å²) in [5, 5.41) is 21.7. The lowest BCUT2D eigenvalue weighted by Crippen LogP contribution is -2.17. The molecule has 4 N–H and O–H groups in total. The van der Waals surface area contributed by atoms with Crippen LogP contribution in [0, 0.1) is 0 Å². The van der Waals surface area contributed by atoms with Crippen LogP contribution in [0.3, 0.4) is 0 Å². The topological polar surface area (TPSA) is 145 Å². The quantitative estimate of drug-likeness (QED) is 0.0583. The number of nitrogens with one attached hydrogen (secondary N) is 2. The first kappa shape index (κ1) is 39.2. The molecule has 1 amide bonds. The number of carbonyl (C=O) groups excluding carboxylic acids is 1. The Hall–Kier alpha value is -5.50. The fraction of sp³-hybridized carbons (Fsp3) is 0.0500. The van der Waals surface area contributed by atoms with Gasteiger partial charge in [0.25, 0.3) is 5.91 Å². The van der Waals surface area contributed by atoms with E-state index in [9.17, 15) is 14.7 Å². The summed E-state index contributed by atoms with van der Waals surface area (Å²) in [6.07, 6.45) is 0. The molecular formula is C40H28Cl4N2O9. The molecule has 0 unspecified atom stereocenters. The Bertz CT molecular complexity index is 2310. The van der Waals surface area contributed by atoms with Gasteiger partial charge >= 0.3 is 5.97 Å². The molecule has 0 bridgehead atoms. The minimum atomic E-state index is -1.37. The van der Waals surface area contributed by atoms with Crippen molar-refractivity contribution in [2.75, 3.05) is 10.8 Å². The maximum absolute atomic E-state index is 12.9. The highest BCUT2D eigenvalue weighted by molar-refractivity contribution is 6.39. The number of ether oxygens (including phenoxy) is 3. The number of carbonyl (C=O) groups is 2. The van der Waals surface area contributed by atoms with Gasteiger partial charge in [-0.2, -0.15) is 0 Å². The van der Waals surface area contributed by atoms with E-state index in [2.05, 4.69) is 15.7 Å². The number of carboxylic acids is 1. The van der Waals surface area contributed by atoms with Crippen molar-refractivity contribution in [2.45, 2.75) is 13.2 Å². The third-order valence-corrected chi connectivity index (χ3v) is 9.12. The van der Waals surface area contributed by atoms with Gasteiger partial charge in [0, 0.05) is 32.9 Å². The highest BCUT2D eigenvalue weighted by atomic mass is 35.5. The van der Waals surface area contributed by atoms with Crippen molar-refractivity contribution in [2.24, 2.45) is 0 Å². The van der Waals surface area contributed by atoms with Crippen molar-refractivity contribution in [3.05, 3.63) is 164 Å². The summed E-state index contributed by atoms with van der Waals surface area (Å²) in [5.74, 6) is 1.18. The molecule has 0 fully saturated rings. The molecule has 280 valence electrons. The molecular weight excluding hydrogens is 794 g/mol. The second-order valence-corrected chi connectivity index (χ2v) is 13.1. The predicted octanol–water partition coefficient (Wildman–Crippen LogP) is 12.2. The number of amides is 1. The molecule has 0 aliphatic carbocycles. The molecule has 0 atom stereocenters. The average Bonchev–Trinajstić information content (AvgIpc) is 3.17. The molecule has 0 aromatic heterocycles. The van der Waals surface area contributed by atoms with E-state index in [4.69, 9.17) is 70.7 Å². The van der Waals surface area contributed by atoms with E-state index in [1.807, 2.05) is 0 Å². The van der Waals surface area contributed by atoms with Crippen molar-refractivity contribution >= 4 is 69.7 Å². The van der Waals surface area contributed by atoms with Crippen molar-refractivity contribution in [1.29, 1.82) is 0 Å². The molecule has 6 aromatic rings. The zero-order valence-electron chi connectivity index (χ0n) is 28.2. The van der Waals surface area contributed by atoms with Gasteiger partial charge in [-0.05, 0) is 109 Å². The first-order valence-electron chi connectivity index (χ1n) is 16.1. The van der Waals surface area contributed by atoms with Crippen LogP contribution in [0.4, 0.5) is 11.4 Å². The Morgan fingerprint density at radius 1 is 0.527 bits per heavy atom. The molecule has 0 heterocycles. The van der Waals surface area contributed by atoms with E-state index in [-0.39, 0.29) is 34.4 Å². The summed E-state index contributed by atoms with van der Waals surface area (Å²) in [6, 6.07) is 33.7. The normalized spacial score (nSPS) is 10.8. The van der Waals surface area contributed by atoms with Crippen LogP contribution in [0.5, 0.6) is 34.5 Å². The number of aromatic carboxylic acids is 1. The Kier molecular flexibility index (Phi) is 13.0. The van der Waals surface area contributed by atoms with Gasteiger partial charge in [0.1, 0.15) is 47.7 Å². The summed E-state index contributed by atoms with van der Waals surface area (Å²) < 4.78 is 18.0. The molecule has 0 saturated carbocycles. The SMILES string of the molecule is O=C(O)c1c(Cl)ccc(Cl)c1C(=O)Nc1ccc(Oc2cccc(Oc3ccc(Oc4ccc(NOCc5c(Cl)ccc(Cl)c5COO)cc4)cc3)c2)cc1. The maximum atomic E-state index is 12.9. The van der Waals surface area contributed by atoms with Crippen molar-refractivity contribution in [3.8, 4) is 34.5 Å². The first-order chi connectivity index (χ1) is 26.6. The summed E-state index contributed by atoms with van der Waals surface area (Å²) in [7, 11) is 0. The molecule has 0 aliphatic heterocycles. The van der Waals surface area contributed by atoms with Crippen LogP contribution in [0.1, 0.15) is 31.8 Å². The number of carboxylic acid groups (broad SMARTS) is 1. The lowest BCUT2D eigenvalue weighted by Gasteiger charge is -2.14. The van der Waals surface area contributed by atoms with Crippen molar-refractivity contribution in [3.63, 3.8) is 0 Å². The molecule has 55 heavy (non-hydrogen) atoms. The minimum Gasteiger partial charge on any atom is -0.478 e.